The molecule has 0 aliphatic carbocycles. The molecule has 0 spiro atoms. The molecule has 0 bridgehead atoms. The second-order valence-electron chi connectivity index (χ2n) is 4.10. The summed E-state index contributed by atoms with van der Waals surface area (Å²) in [6.07, 6.45) is 0.388. The molecular weight excluding hydrogens is 259 g/mol. The second-order valence-corrected chi connectivity index (χ2v) is 5.02. The van der Waals surface area contributed by atoms with Crippen molar-refractivity contribution in [1.82, 2.24) is 0 Å². The largest absolute Gasteiger partial charge is 0.294 e. The van der Waals surface area contributed by atoms with E-state index in [1.807, 2.05) is 13.8 Å². The molecule has 15 heavy (non-hydrogen) atoms. The minimum absolute atomic E-state index is 0.118. The van der Waals surface area contributed by atoms with Gasteiger partial charge in [-0.3, -0.25) is 4.79 Å². The van der Waals surface area contributed by atoms with Crippen molar-refractivity contribution in [3.05, 3.63) is 33.5 Å². The number of aryl methyl sites for hydroxylation is 1. The van der Waals surface area contributed by atoms with E-state index < -0.39 is 5.82 Å². The monoisotopic (exact) mass is 272 g/mol. The van der Waals surface area contributed by atoms with Crippen molar-refractivity contribution in [1.29, 1.82) is 0 Å². The van der Waals surface area contributed by atoms with E-state index in [4.69, 9.17) is 0 Å². The highest BCUT2D eigenvalue weighted by Gasteiger charge is 2.16. The predicted molar refractivity (Wildman–Crippen MR) is 62.6 cm³/mol. The summed E-state index contributed by atoms with van der Waals surface area (Å²) >= 11 is 3.20. The fourth-order valence-electron chi connectivity index (χ4n) is 1.53. The van der Waals surface area contributed by atoms with Crippen LogP contribution < -0.4 is 0 Å². The summed E-state index contributed by atoms with van der Waals surface area (Å²) in [7, 11) is 0. The highest BCUT2D eigenvalue weighted by Crippen LogP contribution is 2.22. The van der Waals surface area contributed by atoms with E-state index in [1.54, 1.807) is 13.0 Å². The summed E-state index contributed by atoms with van der Waals surface area (Å²) in [6.45, 7) is 5.65. The molecular formula is C12H14BrFO. The molecule has 0 aliphatic rings. The van der Waals surface area contributed by atoms with Crippen LogP contribution in [0.4, 0.5) is 4.39 Å². The fourth-order valence-corrected chi connectivity index (χ4v) is 2.07. The normalized spacial score (nSPS) is 10.8. The second kappa shape index (κ2) is 4.88. The van der Waals surface area contributed by atoms with Gasteiger partial charge in [-0.05, 0) is 30.5 Å². The molecule has 3 heteroatoms. The van der Waals surface area contributed by atoms with Crippen molar-refractivity contribution >= 4 is 21.7 Å². The van der Waals surface area contributed by atoms with Gasteiger partial charge in [-0.1, -0.05) is 29.8 Å². The van der Waals surface area contributed by atoms with Crippen molar-refractivity contribution < 1.29 is 9.18 Å². The number of carbonyl (C=O) groups is 1. The molecule has 0 unspecified atom stereocenters. The van der Waals surface area contributed by atoms with Crippen LogP contribution in [0.15, 0.2) is 16.6 Å². The minimum atomic E-state index is -0.437. The van der Waals surface area contributed by atoms with Crippen molar-refractivity contribution in [3.63, 3.8) is 0 Å². The summed E-state index contributed by atoms with van der Waals surface area (Å²) in [6, 6.07) is 3.09. The summed E-state index contributed by atoms with van der Waals surface area (Å²) < 4.78 is 14.2. The molecule has 0 saturated carbocycles. The first kappa shape index (κ1) is 12.4. The molecule has 0 N–H and O–H groups in total. The van der Waals surface area contributed by atoms with Crippen LogP contribution in [-0.2, 0) is 0 Å². The van der Waals surface area contributed by atoms with Gasteiger partial charge in [0.1, 0.15) is 5.82 Å². The van der Waals surface area contributed by atoms with E-state index in [-0.39, 0.29) is 17.3 Å². The minimum Gasteiger partial charge on any atom is -0.294 e. The molecule has 0 aliphatic heterocycles. The lowest BCUT2D eigenvalue weighted by molar-refractivity contribution is 0.0963. The van der Waals surface area contributed by atoms with Gasteiger partial charge in [0.05, 0.1) is 5.56 Å². The topological polar surface area (TPSA) is 17.1 Å². The van der Waals surface area contributed by atoms with E-state index in [0.717, 1.165) is 0 Å². The zero-order valence-corrected chi connectivity index (χ0v) is 10.7. The Bertz CT molecular complexity index is 362. The molecule has 0 amide bonds. The lowest BCUT2D eigenvalue weighted by Crippen LogP contribution is -2.08. The van der Waals surface area contributed by atoms with Gasteiger partial charge in [0.15, 0.2) is 5.78 Å². The van der Waals surface area contributed by atoms with Crippen molar-refractivity contribution in [3.8, 4) is 0 Å². The average molecular weight is 273 g/mol. The first-order valence-electron chi connectivity index (χ1n) is 4.90. The van der Waals surface area contributed by atoms with E-state index in [2.05, 4.69) is 15.9 Å². The van der Waals surface area contributed by atoms with Crippen molar-refractivity contribution in [2.75, 3.05) is 0 Å². The highest BCUT2D eigenvalue weighted by molar-refractivity contribution is 9.10. The third-order valence-electron chi connectivity index (χ3n) is 2.12. The number of rotatable bonds is 3. The van der Waals surface area contributed by atoms with Gasteiger partial charge in [0.2, 0.25) is 0 Å². The average Bonchev–Trinajstić information content (AvgIpc) is 1.99. The summed E-state index contributed by atoms with van der Waals surface area (Å²) in [4.78, 5) is 11.8. The summed E-state index contributed by atoms with van der Waals surface area (Å²) in [5.74, 6) is -0.306. The molecule has 0 fully saturated rings. The lowest BCUT2D eigenvalue weighted by atomic mass is 9.97. The SMILES string of the molecule is Cc1cc(Br)cc(F)c1C(=O)CC(C)C. The maximum atomic E-state index is 13.6. The fraction of sp³-hybridized carbons (Fsp3) is 0.417. The number of Topliss-reactive ketones (excluding diaryl/α,β-unsaturated/α-hetero) is 1. The number of hydrogen-bond acceptors (Lipinski definition) is 1. The molecule has 1 aromatic rings. The van der Waals surface area contributed by atoms with Crippen LogP contribution in [0.1, 0.15) is 36.2 Å². The smallest absolute Gasteiger partial charge is 0.166 e. The Morgan fingerprint density at radius 1 is 1.47 bits per heavy atom. The van der Waals surface area contributed by atoms with Crippen LogP contribution in [0.3, 0.4) is 0 Å². The predicted octanol–water partition coefficient (Wildman–Crippen LogP) is 4.13. The number of hydrogen-bond donors (Lipinski definition) is 0. The third kappa shape index (κ3) is 3.13. The van der Waals surface area contributed by atoms with Crippen LogP contribution in [0.2, 0.25) is 0 Å². The zero-order valence-electron chi connectivity index (χ0n) is 9.10. The van der Waals surface area contributed by atoms with Gasteiger partial charge in [0.25, 0.3) is 0 Å². The molecule has 0 radical (unpaired) electrons. The van der Waals surface area contributed by atoms with Gasteiger partial charge in [-0.25, -0.2) is 4.39 Å². The molecule has 0 aromatic heterocycles. The Morgan fingerprint density at radius 3 is 2.53 bits per heavy atom. The summed E-state index contributed by atoms with van der Waals surface area (Å²) in [5.41, 5.74) is 0.916. The van der Waals surface area contributed by atoms with E-state index in [1.165, 1.54) is 6.07 Å². The molecule has 0 heterocycles. The third-order valence-corrected chi connectivity index (χ3v) is 2.58. The van der Waals surface area contributed by atoms with E-state index in [9.17, 15) is 9.18 Å². The van der Waals surface area contributed by atoms with E-state index >= 15 is 0 Å². The quantitative estimate of drug-likeness (QED) is 0.757. The number of ketones is 1. The van der Waals surface area contributed by atoms with Crippen molar-refractivity contribution in [2.45, 2.75) is 27.2 Å². The first-order valence-corrected chi connectivity index (χ1v) is 5.70. The Morgan fingerprint density at radius 2 is 2.07 bits per heavy atom. The molecule has 1 nitrogen and oxygen atoms in total. The first-order chi connectivity index (χ1) is 6.91. The van der Waals surface area contributed by atoms with E-state index in [0.29, 0.717) is 16.5 Å². The Balaban J connectivity index is 3.09. The van der Waals surface area contributed by atoms with Gasteiger partial charge < -0.3 is 0 Å². The molecule has 1 rings (SSSR count). The molecule has 0 atom stereocenters. The van der Waals surface area contributed by atoms with Gasteiger partial charge >= 0.3 is 0 Å². The van der Waals surface area contributed by atoms with Gasteiger partial charge in [0, 0.05) is 10.9 Å². The molecule has 1 aromatic carbocycles. The van der Waals surface area contributed by atoms with Crippen LogP contribution in [0.25, 0.3) is 0 Å². The van der Waals surface area contributed by atoms with Crippen LogP contribution in [0, 0.1) is 18.7 Å². The Labute approximate surface area is 97.8 Å². The molecule has 0 saturated heterocycles. The number of halogens is 2. The van der Waals surface area contributed by atoms with Gasteiger partial charge in [-0.15, -0.1) is 0 Å². The van der Waals surface area contributed by atoms with Crippen molar-refractivity contribution in [2.24, 2.45) is 5.92 Å². The Kier molecular flexibility index (Phi) is 4.03. The number of benzene rings is 1. The van der Waals surface area contributed by atoms with Gasteiger partial charge in [-0.2, -0.15) is 0 Å². The maximum absolute atomic E-state index is 13.6. The Hall–Kier alpha value is -0.700. The van der Waals surface area contributed by atoms with Crippen LogP contribution >= 0.6 is 15.9 Å². The zero-order chi connectivity index (χ0) is 11.6. The highest BCUT2D eigenvalue weighted by atomic mass is 79.9. The standard InChI is InChI=1S/C12H14BrFO/c1-7(2)4-11(15)12-8(3)5-9(13)6-10(12)14/h5-7H,4H2,1-3H3. The maximum Gasteiger partial charge on any atom is 0.166 e. The van der Waals surface area contributed by atoms with Crippen LogP contribution in [0.5, 0.6) is 0 Å². The summed E-state index contributed by atoms with van der Waals surface area (Å²) in [5, 5.41) is 0. The lowest BCUT2D eigenvalue weighted by Gasteiger charge is -2.08. The molecule has 82 valence electrons. The number of carbonyl (C=O) groups excluding carboxylic acids is 1. The van der Waals surface area contributed by atoms with Crippen LogP contribution in [-0.4, -0.2) is 5.78 Å².